The van der Waals surface area contributed by atoms with Crippen LogP contribution in [0, 0.1) is 11.3 Å². The number of nitrogens with one attached hydrogen (secondary N) is 1. The highest BCUT2D eigenvalue weighted by Gasteiger charge is 2.50. The van der Waals surface area contributed by atoms with E-state index in [4.69, 9.17) is 0 Å². The molecule has 0 heterocycles. The number of rotatable bonds is 6. The average Bonchev–Trinajstić information content (AvgIpc) is 2.77. The third-order valence-corrected chi connectivity index (χ3v) is 3.54. The van der Waals surface area contributed by atoms with Gasteiger partial charge in [-0.05, 0) is 37.8 Å². The summed E-state index contributed by atoms with van der Waals surface area (Å²) in [5.74, 6) is 0.985. The van der Waals surface area contributed by atoms with E-state index in [0.29, 0.717) is 0 Å². The SMILES string of the molecule is CCCCC1(CC)CC1CNC. The van der Waals surface area contributed by atoms with E-state index in [1.807, 2.05) is 0 Å². The second-order valence-corrected chi connectivity index (χ2v) is 4.28. The fourth-order valence-corrected chi connectivity index (χ4v) is 2.41. The van der Waals surface area contributed by atoms with E-state index < -0.39 is 0 Å². The van der Waals surface area contributed by atoms with Gasteiger partial charge in [0.15, 0.2) is 0 Å². The van der Waals surface area contributed by atoms with Crippen molar-refractivity contribution in [3.05, 3.63) is 0 Å². The molecule has 1 rings (SSSR count). The van der Waals surface area contributed by atoms with E-state index in [9.17, 15) is 0 Å². The Bertz CT molecular complexity index is 133. The molecular weight excluding hydrogens is 146 g/mol. The molecule has 1 heteroatoms. The summed E-state index contributed by atoms with van der Waals surface area (Å²) >= 11 is 0. The molecule has 0 aliphatic heterocycles. The average molecular weight is 169 g/mol. The van der Waals surface area contributed by atoms with Gasteiger partial charge >= 0.3 is 0 Å². The summed E-state index contributed by atoms with van der Waals surface area (Å²) in [4.78, 5) is 0. The van der Waals surface area contributed by atoms with E-state index in [1.165, 1.54) is 38.6 Å². The second-order valence-electron chi connectivity index (χ2n) is 4.28. The van der Waals surface area contributed by atoms with Crippen LogP contribution < -0.4 is 5.32 Å². The lowest BCUT2D eigenvalue weighted by Crippen LogP contribution is -2.14. The zero-order valence-corrected chi connectivity index (χ0v) is 8.82. The van der Waals surface area contributed by atoms with Crippen LogP contribution in [0.15, 0.2) is 0 Å². The van der Waals surface area contributed by atoms with Crippen LogP contribution in [0.1, 0.15) is 46.0 Å². The van der Waals surface area contributed by atoms with Gasteiger partial charge in [0.05, 0.1) is 0 Å². The molecule has 1 aliphatic rings. The molecule has 0 spiro atoms. The Labute approximate surface area is 76.9 Å². The molecule has 1 nitrogen and oxygen atoms in total. The van der Waals surface area contributed by atoms with Gasteiger partial charge < -0.3 is 5.32 Å². The molecule has 0 aromatic heterocycles. The van der Waals surface area contributed by atoms with Crippen molar-refractivity contribution in [3.8, 4) is 0 Å². The molecule has 1 N–H and O–H groups in total. The maximum absolute atomic E-state index is 3.30. The molecule has 0 amide bonds. The summed E-state index contributed by atoms with van der Waals surface area (Å²) in [7, 11) is 2.07. The zero-order chi connectivity index (χ0) is 9.03. The van der Waals surface area contributed by atoms with Gasteiger partial charge in [-0.2, -0.15) is 0 Å². The Kier molecular flexibility index (Phi) is 3.57. The van der Waals surface area contributed by atoms with Crippen molar-refractivity contribution in [3.63, 3.8) is 0 Å². The maximum atomic E-state index is 3.30. The lowest BCUT2D eigenvalue weighted by Gasteiger charge is -2.14. The van der Waals surface area contributed by atoms with Crippen molar-refractivity contribution >= 4 is 0 Å². The molecule has 0 aromatic carbocycles. The van der Waals surface area contributed by atoms with Crippen molar-refractivity contribution in [2.24, 2.45) is 11.3 Å². The Balaban J connectivity index is 2.26. The van der Waals surface area contributed by atoms with Gasteiger partial charge in [-0.15, -0.1) is 0 Å². The van der Waals surface area contributed by atoms with Crippen LogP contribution in [-0.2, 0) is 0 Å². The maximum Gasteiger partial charge on any atom is -0.00180 e. The van der Waals surface area contributed by atoms with Crippen LogP contribution in [0.3, 0.4) is 0 Å². The third kappa shape index (κ3) is 2.01. The van der Waals surface area contributed by atoms with Crippen LogP contribution >= 0.6 is 0 Å². The van der Waals surface area contributed by atoms with E-state index in [2.05, 4.69) is 26.2 Å². The van der Waals surface area contributed by atoms with Crippen LogP contribution in [0.4, 0.5) is 0 Å². The largest absolute Gasteiger partial charge is 0.319 e. The lowest BCUT2D eigenvalue weighted by atomic mass is 9.93. The van der Waals surface area contributed by atoms with Gasteiger partial charge in [-0.25, -0.2) is 0 Å². The molecule has 0 radical (unpaired) electrons. The smallest absolute Gasteiger partial charge is 0.00180 e. The van der Waals surface area contributed by atoms with Crippen molar-refractivity contribution in [2.45, 2.75) is 46.0 Å². The fraction of sp³-hybridized carbons (Fsp3) is 1.00. The highest BCUT2D eigenvalue weighted by atomic mass is 14.8. The Morgan fingerprint density at radius 2 is 2.17 bits per heavy atom. The van der Waals surface area contributed by atoms with Crippen LogP contribution in [0.2, 0.25) is 0 Å². The summed E-state index contributed by atoms with van der Waals surface area (Å²) in [6.07, 6.45) is 7.11. The summed E-state index contributed by atoms with van der Waals surface area (Å²) < 4.78 is 0. The molecule has 1 aliphatic carbocycles. The predicted molar refractivity (Wildman–Crippen MR) is 54.3 cm³/mol. The standard InChI is InChI=1S/C11H23N/c1-4-6-7-11(5-2)8-10(11)9-12-3/h10,12H,4-9H2,1-3H3. The van der Waals surface area contributed by atoms with Crippen molar-refractivity contribution in [1.82, 2.24) is 5.32 Å². The molecule has 1 fully saturated rings. The summed E-state index contributed by atoms with van der Waals surface area (Å²) in [5, 5.41) is 3.30. The minimum Gasteiger partial charge on any atom is -0.319 e. The molecule has 0 saturated heterocycles. The van der Waals surface area contributed by atoms with Gasteiger partial charge in [0.25, 0.3) is 0 Å². The molecule has 72 valence electrons. The fourth-order valence-electron chi connectivity index (χ4n) is 2.41. The predicted octanol–water partition coefficient (Wildman–Crippen LogP) is 2.81. The summed E-state index contributed by atoms with van der Waals surface area (Å²) in [6, 6.07) is 0. The highest BCUT2D eigenvalue weighted by Crippen LogP contribution is 2.58. The minimum absolute atomic E-state index is 0.749. The Morgan fingerprint density at radius 1 is 1.42 bits per heavy atom. The zero-order valence-electron chi connectivity index (χ0n) is 8.82. The first-order valence-electron chi connectivity index (χ1n) is 5.43. The monoisotopic (exact) mass is 169 g/mol. The summed E-state index contributed by atoms with van der Waals surface area (Å²) in [6.45, 7) is 5.88. The van der Waals surface area contributed by atoms with Crippen molar-refractivity contribution < 1.29 is 0 Å². The Hall–Kier alpha value is -0.0400. The molecule has 2 atom stereocenters. The number of hydrogen-bond acceptors (Lipinski definition) is 1. The Morgan fingerprint density at radius 3 is 2.67 bits per heavy atom. The summed E-state index contributed by atoms with van der Waals surface area (Å²) in [5.41, 5.74) is 0.749. The molecule has 0 aromatic rings. The second kappa shape index (κ2) is 4.27. The van der Waals surface area contributed by atoms with Gasteiger partial charge in [0.1, 0.15) is 0 Å². The van der Waals surface area contributed by atoms with E-state index in [-0.39, 0.29) is 0 Å². The van der Waals surface area contributed by atoms with Crippen molar-refractivity contribution in [2.75, 3.05) is 13.6 Å². The van der Waals surface area contributed by atoms with E-state index in [1.54, 1.807) is 0 Å². The first-order valence-corrected chi connectivity index (χ1v) is 5.43. The molecule has 0 bridgehead atoms. The molecular formula is C11H23N. The molecule has 12 heavy (non-hydrogen) atoms. The van der Waals surface area contributed by atoms with Gasteiger partial charge in [0, 0.05) is 0 Å². The first kappa shape index (κ1) is 10.0. The van der Waals surface area contributed by atoms with Crippen LogP contribution in [0.5, 0.6) is 0 Å². The third-order valence-electron chi connectivity index (χ3n) is 3.54. The van der Waals surface area contributed by atoms with Gasteiger partial charge in [0.2, 0.25) is 0 Å². The highest BCUT2D eigenvalue weighted by molar-refractivity contribution is 5.01. The van der Waals surface area contributed by atoms with E-state index in [0.717, 1.165) is 11.3 Å². The topological polar surface area (TPSA) is 12.0 Å². The normalized spacial score (nSPS) is 33.8. The first-order chi connectivity index (χ1) is 5.79. The number of unbranched alkanes of at least 4 members (excludes halogenated alkanes) is 1. The lowest BCUT2D eigenvalue weighted by molar-refractivity contribution is 0.383. The van der Waals surface area contributed by atoms with Crippen LogP contribution in [-0.4, -0.2) is 13.6 Å². The quantitative estimate of drug-likeness (QED) is 0.644. The van der Waals surface area contributed by atoms with Gasteiger partial charge in [-0.1, -0.05) is 33.1 Å². The van der Waals surface area contributed by atoms with Crippen molar-refractivity contribution in [1.29, 1.82) is 0 Å². The van der Waals surface area contributed by atoms with E-state index >= 15 is 0 Å². The van der Waals surface area contributed by atoms with Gasteiger partial charge in [-0.3, -0.25) is 0 Å². The number of hydrogen-bond donors (Lipinski definition) is 1. The molecule has 1 saturated carbocycles. The molecule has 2 unspecified atom stereocenters. The van der Waals surface area contributed by atoms with Crippen LogP contribution in [0.25, 0.3) is 0 Å². The minimum atomic E-state index is 0.749.